The molecule has 3 N–H and O–H groups in total. The Hall–Kier alpha value is -3.62. The van der Waals surface area contributed by atoms with Crippen molar-refractivity contribution in [3.8, 4) is 0 Å². The Kier molecular flexibility index (Phi) is 13.1. The van der Waals surface area contributed by atoms with Gasteiger partial charge in [0.25, 0.3) is 0 Å². The third-order valence-electron chi connectivity index (χ3n) is 8.30. The zero-order valence-electron chi connectivity index (χ0n) is 28.4. The molecule has 0 spiro atoms. The highest BCUT2D eigenvalue weighted by Crippen LogP contribution is 2.25. The van der Waals surface area contributed by atoms with E-state index in [0.29, 0.717) is 22.2 Å². The topological polar surface area (TPSA) is 128 Å². The minimum Gasteiger partial charge on any atom is -0.311 e. The Balaban J connectivity index is 0.000000188. The summed E-state index contributed by atoms with van der Waals surface area (Å²) in [4.78, 5) is 46.6. The molecule has 0 saturated carbocycles. The van der Waals surface area contributed by atoms with E-state index < -0.39 is 0 Å². The number of anilines is 2. The monoisotopic (exact) mass is 689 g/mol. The molecule has 256 valence electrons. The zero-order chi connectivity index (χ0) is 33.9. The van der Waals surface area contributed by atoms with E-state index in [1.165, 1.54) is 47.6 Å². The van der Waals surface area contributed by atoms with Crippen LogP contribution in [0.25, 0.3) is 0 Å². The quantitative estimate of drug-likeness (QED) is 0.209. The van der Waals surface area contributed by atoms with Gasteiger partial charge >= 0.3 is 0 Å². The van der Waals surface area contributed by atoms with Crippen LogP contribution in [0.4, 0.5) is 10.3 Å². The van der Waals surface area contributed by atoms with Gasteiger partial charge in [-0.2, -0.15) is 0 Å². The number of thiazole rings is 2. The lowest BCUT2D eigenvalue weighted by Crippen LogP contribution is -2.51. The summed E-state index contributed by atoms with van der Waals surface area (Å²) in [6.45, 7) is 14.2. The maximum absolute atomic E-state index is 11.1. The summed E-state index contributed by atoms with van der Waals surface area (Å²) < 4.78 is 0. The number of carbonyl (C=O) groups is 2. The number of nitrogens with one attached hydrogen (secondary N) is 3. The van der Waals surface area contributed by atoms with Crippen molar-refractivity contribution in [1.82, 2.24) is 35.1 Å². The first-order valence-corrected chi connectivity index (χ1v) is 18.3. The lowest BCUT2D eigenvalue weighted by molar-refractivity contribution is -0.115. The SMILES string of the molecule is CC(=O)Nc1ncc(CN2CCCC(Cc3ccnc(C)c3)C2)s1.CC(=O)Nc1ncc(CN2CCNC(Cc3ccnc(C)c3)C2)s1. The molecule has 11 nitrogen and oxygen atoms in total. The molecule has 0 bridgehead atoms. The summed E-state index contributed by atoms with van der Waals surface area (Å²) in [6, 6.07) is 9.03. The molecule has 0 aromatic carbocycles. The summed E-state index contributed by atoms with van der Waals surface area (Å²) in [5.74, 6) is 0.552. The maximum Gasteiger partial charge on any atom is 0.223 e. The second-order valence-electron chi connectivity index (χ2n) is 12.8. The van der Waals surface area contributed by atoms with Crippen LogP contribution >= 0.6 is 22.7 Å². The van der Waals surface area contributed by atoms with Gasteiger partial charge < -0.3 is 16.0 Å². The van der Waals surface area contributed by atoms with Gasteiger partial charge in [-0.1, -0.05) is 0 Å². The van der Waals surface area contributed by atoms with Crippen molar-refractivity contribution < 1.29 is 9.59 Å². The highest BCUT2D eigenvalue weighted by Gasteiger charge is 2.22. The third kappa shape index (κ3) is 11.8. The van der Waals surface area contributed by atoms with Crippen LogP contribution in [-0.4, -0.2) is 80.3 Å². The first-order chi connectivity index (χ1) is 23.2. The molecule has 4 aromatic rings. The van der Waals surface area contributed by atoms with Crippen molar-refractivity contribution in [3.63, 3.8) is 0 Å². The fourth-order valence-electron chi connectivity index (χ4n) is 6.34. The Bertz CT molecular complexity index is 1520. The van der Waals surface area contributed by atoms with Gasteiger partial charge in [0.15, 0.2) is 10.3 Å². The van der Waals surface area contributed by atoms with Crippen molar-refractivity contribution in [1.29, 1.82) is 0 Å². The van der Waals surface area contributed by atoms with Gasteiger partial charge in [-0.3, -0.25) is 29.4 Å². The van der Waals surface area contributed by atoms with E-state index >= 15 is 0 Å². The fraction of sp³-hybridized carbons (Fsp3) is 0.486. The van der Waals surface area contributed by atoms with Crippen LogP contribution in [0.2, 0.25) is 0 Å². The van der Waals surface area contributed by atoms with Gasteiger partial charge in [0.1, 0.15) is 0 Å². The van der Waals surface area contributed by atoms with Gasteiger partial charge in [-0.25, -0.2) is 9.97 Å². The molecule has 2 saturated heterocycles. The highest BCUT2D eigenvalue weighted by molar-refractivity contribution is 7.16. The molecule has 2 aliphatic rings. The lowest BCUT2D eigenvalue weighted by atomic mass is 9.91. The average molecular weight is 690 g/mol. The molecule has 2 amide bonds. The molecule has 2 aliphatic heterocycles. The van der Waals surface area contributed by atoms with Gasteiger partial charge in [-0.05, 0) is 87.4 Å². The normalized spacial score (nSPS) is 18.5. The number of piperidine rings is 1. The molecule has 0 aliphatic carbocycles. The summed E-state index contributed by atoms with van der Waals surface area (Å²) in [7, 11) is 0. The number of piperazine rings is 1. The Morgan fingerprint density at radius 1 is 0.812 bits per heavy atom. The molecule has 0 radical (unpaired) electrons. The number of pyridine rings is 2. The maximum atomic E-state index is 11.1. The minimum absolute atomic E-state index is 0.0680. The largest absolute Gasteiger partial charge is 0.311 e. The van der Waals surface area contributed by atoms with E-state index in [0.717, 1.165) is 70.0 Å². The van der Waals surface area contributed by atoms with Crippen molar-refractivity contribution in [2.75, 3.05) is 43.4 Å². The number of hydrogen-bond acceptors (Lipinski definition) is 11. The van der Waals surface area contributed by atoms with Gasteiger partial charge in [0, 0.05) is 105 Å². The third-order valence-corrected chi connectivity index (χ3v) is 10.1. The summed E-state index contributed by atoms with van der Waals surface area (Å²) in [6.07, 6.45) is 12.2. The second kappa shape index (κ2) is 17.7. The molecular formula is C35H47N9O2S2. The predicted molar refractivity (Wildman–Crippen MR) is 193 cm³/mol. The number of likely N-dealkylation sites (tertiary alicyclic amines) is 1. The van der Waals surface area contributed by atoms with Crippen LogP contribution in [0.15, 0.2) is 49.1 Å². The van der Waals surface area contributed by atoms with E-state index in [9.17, 15) is 9.59 Å². The first kappa shape index (κ1) is 35.7. The van der Waals surface area contributed by atoms with E-state index in [2.05, 4.69) is 70.0 Å². The van der Waals surface area contributed by atoms with E-state index in [-0.39, 0.29) is 11.8 Å². The van der Waals surface area contributed by atoms with Crippen molar-refractivity contribution in [2.45, 2.75) is 72.5 Å². The van der Waals surface area contributed by atoms with Crippen molar-refractivity contribution >= 4 is 44.8 Å². The lowest BCUT2D eigenvalue weighted by Gasteiger charge is -2.33. The molecule has 2 atom stereocenters. The van der Waals surface area contributed by atoms with Crippen LogP contribution in [0.1, 0.15) is 59.0 Å². The second-order valence-corrected chi connectivity index (χ2v) is 15.0. The molecule has 6 rings (SSSR count). The summed E-state index contributed by atoms with van der Waals surface area (Å²) >= 11 is 3.12. The van der Waals surface area contributed by atoms with Crippen LogP contribution in [0.5, 0.6) is 0 Å². The average Bonchev–Trinajstić information content (AvgIpc) is 3.66. The molecular weight excluding hydrogens is 643 g/mol. The highest BCUT2D eigenvalue weighted by atomic mass is 32.1. The van der Waals surface area contributed by atoms with Gasteiger partial charge in [-0.15, -0.1) is 22.7 Å². The first-order valence-electron chi connectivity index (χ1n) is 16.6. The van der Waals surface area contributed by atoms with Crippen LogP contribution < -0.4 is 16.0 Å². The van der Waals surface area contributed by atoms with Crippen LogP contribution in [0.3, 0.4) is 0 Å². The summed E-state index contributed by atoms with van der Waals surface area (Å²) in [5, 5.41) is 10.5. The molecule has 6 heterocycles. The van der Waals surface area contributed by atoms with E-state index in [1.807, 2.05) is 38.6 Å². The molecule has 48 heavy (non-hydrogen) atoms. The molecule has 13 heteroatoms. The minimum atomic E-state index is -0.0780. The number of nitrogens with zero attached hydrogens (tertiary/aromatic N) is 6. The number of aryl methyl sites for hydroxylation is 2. The Morgan fingerprint density at radius 2 is 1.38 bits per heavy atom. The van der Waals surface area contributed by atoms with Gasteiger partial charge in [0.05, 0.1) is 0 Å². The van der Waals surface area contributed by atoms with Crippen LogP contribution in [0, 0.1) is 19.8 Å². The number of aromatic nitrogens is 4. The van der Waals surface area contributed by atoms with Gasteiger partial charge in [0.2, 0.25) is 11.8 Å². The molecule has 2 unspecified atom stereocenters. The Labute approximate surface area is 291 Å². The van der Waals surface area contributed by atoms with Crippen molar-refractivity contribution in [3.05, 3.63) is 81.3 Å². The summed E-state index contributed by atoms with van der Waals surface area (Å²) in [5.41, 5.74) is 4.87. The number of amides is 2. The zero-order valence-corrected chi connectivity index (χ0v) is 30.0. The fourth-order valence-corrected chi connectivity index (χ4v) is 8.14. The molecule has 4 aromatic heterocycles. The standard InChI is InChI=1S/C18H24N4OS.C17H23N5OS/c1-13-8-15(5-6-19-13)9-16-4-3-7-22(11-16)12-17-10-20-18(24-17)21-14(2)23;1-12-7-14(3-4-18-12)8-15-10-22(6-5-19-15)11-16-9-20-17(24-16)21-13(2)23/h5-6,8,10,16H,3-4,7,9,11-12H2,1-2H3,(H,20,21,23);3-4,7,9,15,19H,5-6,8,10-11H2,1-2H3,(H,20,21,23). The number of carbonyl (C=O) groups excluding carboxylic acids is 2. The molecule has 2 fully saturated rings. The van der Waals surface area contributed by atoms with Crippen molar-refractivity contribution in [2.24, 2.45) is 5.92 Å². The van der Waals surface area contributed by atoms with E-state index in [1.54, 1.807) is 22.7 Å². The smallest absolute Gasteiger partial charge is 0.223 e. The number of hydrogen-bond donors (Lipinski definition) is 3. The van der Waals surface area contributed by atoms with Crippen LogP contribution in [-0.2, 0) is 35.5 Å². The predicted octanol–water partition coefficient (Wildman–Crippen LogP) is 5.08. The number of rotatable bonds is 10. The van der Waals surface area contributed by atoms with E-state index in [4.69, 9.17) is 0 Å². The Morgan fingerprint density at radius 3 is 1.94 bits per heavy atom.